The molecule has 1 aromatic rings. The van der Waals surface area contributed by atoms with Crippen molar-refractivity contribution in [3.63, 3.8) is 0 Å². The van der Waals surface area contributed by atoms with Crippen LogP contribution in [0.3, 0.4) is 0 Å². The van der Waals surface area contributed by atoms with Gasteiger partial charge in [0, 0.05) is 25.2 Å². The molecule has 0 atom stereocenters. The van der Waals surface area contributed by atoms with E-state index in [4.69, 9.17) is 15.2 Å². The average molecular weight is 295 g/mol. The highest BCUT2D eigenvalue weighted by Gasteiger charge is 2.05. The number of rotatable bonds is 10. The van der Waals surface area contributed by atoms with E-state index in [9.17, 15) is 4.79 Å². The van der Waals surface area contributed by atoms with Gasteiger partial charge in [0.15, 0.2) is 6.61 Å². The van der Waals surface area contributed by atoms with Crippen LogP contribution in [0.4, 0.5) is 0 Å². The van der Waals surface area contributed by atoms with Crippen LogP contribution in [0.2, 0.25) is 0 Å². The second-order valence-corrected chi connectivity index (χ2v) is 4.87. The molecule has 0 saturated carbocycles. The summed E-state index contributed by atoms with van der Waals surface area (Å²) in [6.07, 6.45) is 0. The van der Waals surface area contributed by atoms with Crippen molar-refractivity contribution in [2.45, 2.75) is 6.54 Å². The smallest absolute Gasteiger partial charge is 0.258 e. The lowest BCUT2D eigenvalue weighted by Crippen LogP contribution is -2.32. The summed E-state index contributed by atoms with van der Waals surface area (Å²) in [4.78, 5) is 13.7. The predicted octanol–water partition coefficient (Wildman–Crippen LogP) is 0.219. The van der Waals surface area contributed by atoms with Gasteiger partial charge in [-0.2, -0.15) is 0 Å². The van der Waals surface area contributed by atoms with Gasteiger partial charge in [-0.15, -0.1) is 0 Å². The van der Waals surface area contributed by atoms with Crippen molar-refractivity contribution in [2.24, 2.45) is 5.73 Å². The number of hydrogen-bond donors (Lipinski definition) is 2. The number of ether oxygens (including phenoxy) is 2. The zero-order valence-electron chi connectivity index (χ0n) is 12.8. The molecule has 6 heteroatoms. The number of para-hydroxylation sites is 1. The van der Waals surface area contributed by atoms with Gasteiger partial charge in [-0.1, -0.05) is 18.2 Å². The first-order chi connectivity index (χ1) is 10.1. The Hall–Kier alpha value is -1.63. The standard InChI is InChI=1S/C15H25N3O3/c1-18(2)8-10-20-9-7-17-15(19)12-21-14-6-4-3-5-13(14)11-16/h3-6H,7-12,16H2,1-2H3,(H,17,19). The third-order valence-electron chi connectivity index (χ3n) is 2.80. The van der Waals surface area contributed by atoms with E-state index in [-0.39, 0.29) is 12.5 Å². The summed E-state index contributed by atoms with van der Waals surface area (Å²) in [5, 5.41) is 2.74. The highest BCUT2D eigenvalue weighted by Crippen LogP contribution is 2.16. The summed E-state index contributed by atoms with van der Waals surface area (Å²) in [6, 6.07) is 7.43. The average Bonchev–Trinajstić information content (AvgIpc) is 2.48. The maximum absolute atomic E-state index is 11.6. The second-order valence-electron chi connectivity index (χ2n) is 4.87. The van der Waals surface area contributed by atoms with Gasteiger partial charge in [-0.3, -0.25) is 4.79 Å². The van der Waals surface area contributed by atoms with Gasteiger partial charge in [0.05, 0.1) is 13.2 Å². The topological polar surface area (TPSA) is 76.8 Å². The first kappa shape index (κ1) is 17.4. The molecule has 0 unspecified atom stereocenters. The maximum Gasteiger partial charge on any atom is 0.258 e. The first-order valence-corrected chi connectivity index (χ1v) is 7.03. The number of benzene rings is 1. The van der Waals surface area contributed by atoms with Crippen LogP contribution in [0.15, 0.2) is 24.3 Å². The highest BCUT2D eigenvalue weighted by molar-refractivity contribution is 5.77. The fourth-order valence-electron chi connectivity index (χ4n) is 1.62. The van der Waals surface area contributed by atoms with Crippen molar-refractivity contribution in [2.75, 3.05) is 47.0 Å². The largest absolute Gasteiger partial charge is 0.483 e. The van der Waals surface area contributed by atoms with Crippen LogP contribution >= 0.6 is 0 Å². The van der Waals surface area contributed by atoms with Gasteiger partial charge in [0.2, 0.25) is 0 Å². The van der Waals surface area contributed by atoms with Crippen LogP contribution < -0.4 is 15.8 Å². The Labute approximate surface area is 126 Å². The quantitative estimate of drug-likeness (QED) is 0.604. The normalized spacial score (nSPS) is 10.7. The summed E-state index contributed by atoms with van der Waals surface area (Å²) < 4.78 is 10.8. The van der Waals surface area contributed by atoms with E-state index in [2.05, 4.69) is 5.32 Å². The van der Waals surface area contributed by atoms with Crippen molar-refractivity contribution >= 4 is 5.91 Å². The van der Waals surface area contributed by atoms with Crippen molar-refractivity contribution in [3.05, 3.63) is 29.8 Å². The molecule has 0 aromatic heterocycles. The van der Waals surface area contributed by atoms with Crippen molar-refractivity contribution in [1.82, 2.24) is 10.2 Å². The molecule has 0 spiro atoms. The molecular weight excluding hydrogens is 270 g/mol. The number of carbonyl (C=O) groups excluding carboxylic acids is 1. The number of carbonyl (C=O) groups is 1. The van der Waals surface area contributed by atoms with Crippen molar-refractivity contribution < 1.29 is 14.3 Å². The monoisotopic (exact) mass is 295 g/mol. The molecule has 0 fully saturated rings. The van der Waals surface area contributed by atoms with E-state index < -0.39 is 0 Å². The van der Waals surface area contributed by atoms with Crippen molar-refractivity contribution in [1.29, 1.82) is 0 Å². The van der Waals surface area contributed by atoms with Gasteiger partial charge in [-0.05, 0) is 20.2 Å². The molecule has 1 rings (SSSR count). The number of nitrogens with zero attached hydrogens (tertiary/aromatic N) is 1. The molecule has 6 nitrogen and oxygen atoms in total. The third-order valence-corrected chi connectivity index (χ3v) is 2.80. The number of likely N-dealkylation sites (N-methyl/N-ethyl adjacent to an activating group) is 1. The van der Waals surface area contributed by atoms with Gasteiger partial charge >= 0.3 is 0 Å². The fraction of sp³-hybridized carbons (Fsp3) is 0.533. The zero-order valence-corrected chi connectivity index (χ0v) is 12.8. The molecule has 3 N–H and O–H groups in total. The number of nitrogens with two attached hydrogens (primary N) is 1. The Balaban J connectivity index is 2.14. The third kappa shape index (κ3) is 7.65. The van der Waals surface area contributed by atoms with E-state index in [1.165, 1.54) is 0 Å². The summed E-state index contributed by atoms with van der Waals surface area (Å²) >= 11 is 0. The maximum atomic E-state index is 11.6. The lowest BCUT2D eigenvalue weighted by Gasteiger charge is -2.11. The van der Waals surface area contributed by atoms with Crippen LogP contribution in [0.5, 0.6) is 5.75 Å². The molecule has 0 heterocycles. The van der Waals surface area contributed by atoms with E-state index in [0.717, 1.165) is 12.1 Å². The van der Waals surface area contributed by atoms with Crippen LogP contribution in [0.1, 0.15) is 5.56 Å². The lowest BCUT2D eigenvalue weighted by atomic mass is 10.2. The molecule has 0 radical (unpaired) electrons. The predicted molar refractivity (Wildman–Crippen MR) is 82.2 cm³/mol. The van der Waals surface area contributed by atoms with Gasteiger partial charge in [0.25, 0.3) is 5.91 Å². The summed E-state index contributed by atoms with van der Waals surface area (Å²) in [5.74, 6) is 0.482. The molecule has 1 amide bonds. The first-order valence-electron chi connectivity index (χ1n) is 7.03. The van der Waals surface area contributed by atoms with Crippen LogP contribution in [0.25, 0.3) is 0 Å². The molecule has 0 aliphatic heterocycles. The van der Waals surface area contributed by atoms with E-state index in [1.54, 1.807) is 6.07 Å². The Bertz CT molecular complexity index is 424. The number of hydrogen-bond acceptors (Lipinski definition) is 5. The second kappa shape index (κ2) is 10.1. The van der Waals surface area contributed by atoms with E-state index >= 15 is 0 Å². The van der Waals surface area contributed by atoms with Crippen molar-refractivity contribution in [3.8, 4) is 5.75 Å². The minimum Gasteiger partial charge on any atom is -0.483 e. The van der Waals surface area contributed by atoms with Gasteiger partial charge < -0.3 is 25.4 Å². The molecule has 0 bridgehead atoms. The molecule has 0 aliphatic carbocycles. The Morgan fingerprint density at radius 3 is 2.76 bits per heavy atom. The Morgan fingerprint density at radius 2 is 2.05 bits per heavy atom. The fourth-order valence-corrected chi connectivity index (χ4v) is 1.62. The van der Waals surface area contributed by atoms with Crippen LogP contribution in [-0.2, 0) is 16.1 Å². The minimum atomic E-state index is -0.168. The van der Waals surface area contributed by atoms with Gasteiger partial charge in [0.1, 0.15) is 5.75 Å². The summed E-state index contributed by atoms with van der Waals surface area (Å²) in [6.45, 7) is 2.87. The van der Waals surface area contributed by atoms with Gasteiger partial charge in [-0.25, -0.2) is 0 Å². The SMILES string of the molecule is CN(C)CCOCCNC(=O)COc1ccccc1CN. The Kier molecular flexibility index (Phi) is 8.42. The molecular formula is C15H25N3O3. The van der Waals surface area contributed by atoms with Crippen LogP contribution in [-0.4, -0.2) is 57.8 Å². The van der Waals surface area contributed by atoms with E-state index in [1.807, 2.05) is 37.2 Å². The summed E-state index contributed by atoms with van der Waals surface area (Å²) in [5.41, 5.74) is 6.49. The molecule has 21 heavy (non-hydrogen) atoms. The molecule has 0 saturated heterocycles. The highest BCUT2D eigenvalue weighted by atomic mass is 16.5. The molecule has 118 valence electrons. The lowest BCUT2D eigenvalue weighted by molar-refractivity contribution is -0.123. The number of nitrogens with one attached hydrogen (secondary N) is 1. The van der Waals surface area contributed by atoms with E-state index in [0.29, 0.717) is 32.1 Å². The zero-order chi connectivity index (χ0) is 15.5. The molecule has 1 aromatic carbocycles. The summed E-state index contributed by atoms with van der Waals surface area (Å²) in [7, 11) is 3.98. The van der Waals surface area contributed by atoms with Crippen LogP contribution in [0, 0.1) is 0 Å². The minimum absolute atomic E-state index is 0.0191. The molecule has 0 aliphatic rings. The Morgan fingerprint density at radius 1 is 1.29 bits per heavy atom. The number of amides is 1.